The Morgan fingerprint density at radius 2 is 2.08 bits per heavy atom. The van der Waals surface area contributed by atoms with Crippen molar-refractivity contribution in [1.82, 2.24) is 0 Å². The molecule has 0 radical (unpaired) electrons. The van der Waals surface area contributed by atoms with E-state index in [2.05, 4.69) is 29.4 Å². The van der Waals surface area contributed by atoms with Crippen molar-refractivity contribution >= 4 is 12.3 Å². The molecule has 1 aromatic carbocycles. The summed E-state index contributed by atoms with van der Waals surface area (Å²) in [6.45, 7) is 0.135. The third kappa shape index (κ3) is 1.49. The van der Waals surface area contributed by atoms with Gasteiger partial charge in [0.1, 0.15) is 0 Å². The number of hydrogen-bond donors (Lipinski definition) is 1. The zero-order valence-electron chi connectivity index (χ0n) is 7.40. The molecule has 0 aliphatic carbocycles. The number of nitrogens with two attached hydrogens (primary N) is 1. The first kappa shape index (κ1) is 8.09. The van der Waals surface area contributed by atoms with Crippen LogP contribution in [-0.4, -0.2) is 13.4 Å². The second kappa shape index (κ2) is 3.46. The topological polar surface area (TPSA) is 40.4 Å². The van der Waals surface area contributed by atoms with Crippen LogP contribution in [0.5, 0.6) is 0 Å². The summed E-state index contributed by atoms with van der Waals surface area (Å²) in [5.74, 6) is 2.37. The normalized spacial score (nSPS) is 20.8. The third-order valence-electron chi connectivity index (χ3n) is 2.54. The Labute approximate surface area is 78.0 Å². The van der Waals surface area contributed by atoms with E-state index in [0.717, 1.165) is 6.54 Å². The molecule has 1 aromatic rings. The predicted octanol–water partition coefficient (Wildman–Crippen LogP) is -0.0272. The molecular formula is C10H11BN2. The van der Waals surface area contributed by atoms with Crippen molar-refractivity contribution < 1.29 is 5.23 Å². The standard InChI is InChI=1S/C10H11BN2/c12-8-11-10(6-7-13-11)9-4-2-1-3-5-9/h1-6,11H,7,13H2. The van der Waals surface area contributed by atoms with E-state index in [1.165, 1.54) is 11.0 Å². The van der Waals surface area contributed by atoms with E-state index in [0.29, 0.717) is 0 Å². The predicted molar refractivity (Wildman–Crippen MR) is 54.0 cm³/mol. The van der Waals surface area contributed by atoms with E-state index in [-0.39, 0.29) is 0 Å². The van der Waals surface area contributed by atoms with Gasteiger partial charge in [0, 0.05) is 0 Å². The minimum atomic E-state index is -0.821. The van der Waals surface area contributed by atoms with Crippen LogP contribution in [0.3, 0.4) is 0 Å². The Morgan fingerprint density at radius 1 is 1.31 bits per heavy atom. The average Bonchev–Trinajstić information content (AvgIpc) is 2.67. The molecule has 0 saturated carbocycles. The first-order valence-electron chi connectivity index (χ1n) is 4.60. The van der Waals surface area contributed by atoms with Crippen molar-refractivity contribution in [2.24, 2.45) is 0 Å². The monoisotopic (exact) mass is 170 g/mol. The fourth-order valence-corrected chi connectivity index (χ4v) is 1.84. The van der Waals surface area contributed by atoms with E-state index >= 15 is 0 Å². The van der Waals surface area contributed by atoms with E-state index < -0.39 is 6.85 Å². The van der Waals surface area contributed by atoms with Gasteiger partial charge < -0.3 is 5.23 Å². The molecule has 1 heterocycles. The van der Waals surface area contributed by atoms with Gasteiger partial charge in [-0.15, -0.1) is 5.47 Å². The number of nitrogens with zero attached hydrogens (tertiary/aromatic N) is 1. The maximum atomic E-state index is 8.91. The number of hydrogen-bond acceptors (Lipinski definition) is 1. The first-order valence-corrected chi connectivity index (χ1v) is 4.60. The van der Waals surface area contributed by atoms with Gasteiger partial charge in [-0.1, -0.05) is 47.9 Å². The van der Waals surface area contributed by atoms with E-state index in [1.807, 2.05) is 18.2 Å². The van der Waals surface area contributed by atoms with E-state index in [1.54, 1.807) is 0 Å². The fraction of sp³-hybridized carbons (Fsp3) is 0.100. The summed E-state index contributed by atoms with van der Waals surface area (Å²) >= 11 is 0. The molecule has 2 nitrogen and oxygen atoms in total. The molecular weight excluding hydrogens is 159 g/mol. The van der Waals surface area contributed by atoms with Crippen LogP contribution in [0, 0.1) is 11.2 Å². The summed E-state index contributed by atoms with van der Waals surface area (Å²) < 4.78 is 0. The number of nitriles is 1. The highest BCUT2D eigenvalue weighted by Gasteiger charge is 2.18. The number of quaternary nitrogens is 1. The van der Waals surface area contributed by atoms with Crippen LogP contribution < -0.4 is 5.23 Å². The molecule has 2 rings (SSSR count). The quantitative estimate of drug-likeness (QED) is 0.591. The van der Waals surface area contributed by atoms with Crippen LogP contribution in [0.1, 0.15) is 5.56 Å². The van der Waals surface area contributed by atoms with Gasteiger partial charge in [-0.2, -0.15) is 0 Å². The zero-order chi connectivity index (χ0) is 9.10. The van der Waals surface area contributed by atoms with Crippen molar-refractivity contribution in [3.05, 3.63) is 42.0 Å². The summed E-state index contributed by atoms with van der Waals surface area (Å²) in [5.41, 5.74) is 2.45. The molecule has 0 saturated heterocycles. The third-order valence-corrected chi connectivity index (χ3v) is 2.54. The van der Waals surface area contributed by atoms with Crippen molar-refractivity contribution in [2.75, 3.05) is 6.54 Å². The lowest BCUT2D eigenvalue weighted by Gasteiger charge is -2.09. The second-order valence-corrected chi connectivity index (χ2v) is 3.36. The Morgan fingerprint density at radius 3 is 2.77 bits per heavy atom. The maximum absolute atomic E-state index is 8.91. The van der Waals surface area contributed by atoms with Gasteiger partial charge in [0.25, 0.3) is 0 Å². The van der Waals surface area contributed by atoms with Crippen molar-refractivity contribution in [3.63, 3.8) is 0 Å². The lowest BCUT2D eigenvalue weighted by Crippen LogP contribution is -2.90. The Bertz CT molecular complexity index is 364. The Kier molecular flexibility index (Phi) is 2.16. The number of rotatable bonds is 1. The molecule has 13 heavy (non-hydrogen) atoms. The second-order valence-electron chi connectivity index (χ2n) is 3.36. The van der Waals surface area contributed by atoms with Crippen LogP contribution in [-0.2, 0) is 0 Å². The summed E-state index contributed by atoms with van der Waals surface area (Å²) in [6, 6.07) is 10.2. The summed E-state index contributed by atoms with van der Waals surface area (Å²) in [6.07, 6.45) is 2.17. The van der Waals surface area contributed by atoms with Gasteiger partial charge in [0.05, 0.1) is 6.54 Å². The van der Waals surface area contributed by atoms with Crippen LogP contribution in [0.25, 0.3) is 5.47 Å². The Balaban J connectivity index is 2.33. The lowest BCUT2D eigenvalue weighted by molar-refractivity contribution is -0.501. The minimum absolute atomic E-state index is 0.821. The molecule has 0 bridgehead atoms. The lowest BCUT2D eigenvalue weighted by atomic mass is 9.57. The van der Waals surface area contributed by atoms with Crippen LogP contribution in [0.2, 0.25) is 0 Å². The van der Waals surface area contributed by atoms with Gasteiger partial charge in [0.2, 0.25) is 0 Å². The van der Waals surface area contributed by atoms with Gasteiger partial charge in [-0.05, 0) is 0 Å². The van der Waals surface area contributed by atoms with Crippen molar-refractivity contribution in [1.29, 1.82) is 5.26 Å². The highest BCUT2D eigenvalue weighted by atomic mass is 14.8. The SMILES string of the molecule is N#C[BH-]1[NH2+]CC=C1c1ccccc1. The molecule has 1 atom stereocenters. The van der Waals surface area contributed by atoms with Crippen molar-refractivity contribution in [2.45, 2.75) is 0 Å². The molecule has 0 aromatic heterocycles. The highest BCUT2D eigenvalue weighted by molar-refractivity contribution is 6.78. The van der Waals surface area contributed by atoms with Gasteiger partial charge >= 0.3 is 6.85 Å². The van der Waals surface area contributed by atoms with Crippen LogP contribution in [0.4, 0.5) is 0 Å². The van der Waals surface area contributed by atoms with Crippen molar-refractivity contribution in [3.8, 4) is 5.97 Å². The van der Waals surface area contributed by atoms with Gasteiger partial charge in [-0.25, -0.2) is 5.26 Å². The summed E-state index contributed by atoms with van der Waals surface area (Å²) in [7, 11) is 0. The molecule has 0 fully saturated rings. The zero-order valence-corrected chi connectivity index (χ0v) is 7.40. The molecule has 2 N–H and O–H groups in total. The average molecular weight is 170 g/mol. The maximum Gasteiger partial charge on any atom is 0.319 e. The van der Waals surface area contributed by atoms with Gasteiger partial charge in [-0.3, -0.25) is 0 Å². The molecule has 0 amide bonds. The molecule has 1 unspecified atom stereocenters. The Hall–Kier alpha value is -1.53. The summed E-state index contributed by atoms with van der Waals surface area (Å²) in [5, 5.41) is 11.0. The minimum Gasteiger partial charge on any atom is -0.520 e. The molecule has 0 spiro atoms. The van der Waals surface area contributed by atoms with E-state index in [9.17, 15) is 0 Å². The first-order chi connectivity index (χ1) is 6.42. The summed E-state index contributed by atoms with van der Waals surface area (Å²) in [4.78, 5) is 0. The fourth-order valence-electron chi connectivity index (χ4n) is 1.84. The molecule has 1 aliphatic rings. The molecule has 3 heteroatoms. The highest BCUT2D eigenvalue weighted by Crippen LogP contribution is 2.15. The number of benzene rings is 1. The van der Waals surface area contributed by atoms with Crippen LogP contribution in [0.15, 0.2) is 36.4 Å². The van der Waals surface area contributed by atoms with E-state index in [4.69, 9.17) is 5.26 Å². The van der Waals surface area contributed by atoms with Crippen LogP contribution >= 0.6 is 0 Å². The van der Waals surface area contributed by atoms with Gasteiger partial charge in [0.15, 0.2) is 0 Å². The molecule has 64 valence electrons. The molecule has 1 aliphatic heterocycles. The largest absolute Gasteiger partial charge is 0.520 e. The smallest absolute Gasteiger partial charge is 0.319 e.